The first-order valence-corrected chi connectivity index (χ1v) is 14.0. The van der Waals surface area contributed by atoms with Gasteiger partial charge in [0.25, 0.3) is 5.91 Å². The third-order valence-electron chi connectivity index (χ3n) is 8.33. The maximum absolute atomic E-state index is 14.0. The first-order chi connectivity index (χ1) is 18.7. The average molecular weight is 509 g/mol. The number of H-pyrrole nitrogens is 1. The standard InChI is InChI=1S/C32H36N4O2/c37-31(35-19-14-24(15-20-35)22-34-17-4-1-5-18-34)23-36(30-10-6-8-25-7-2-3-9-28(25)30)32(38)27-12-11-26-13-16-33-29(26)21-27/h2-3,6-13,16,21,24,33H,1,4-5,14-15,17-20,22-23H2. The molecule has 2 aliphatic rings. The van der Waals surface area contributed by atoms with E-state index in [2.05, 4.69) is 9.88 Å². The maximum atomic E-state index is 14.0. The summed E-state index contributed by atoms with van der Waals surface area (Å²) in [4.78, 5) is 37.1. The number of piperidine rings is 2. The van der Waals surface area contributed by atoms with Gasteiger partial charge in [0.2, 0.25) is 5.91 Å². The summed E-state index contributed by atoms with van der Waals surface area (Å²) in [5, 5.41) is 3.08. The summed E-state index contributed by atoms with van der Waals surface area (Å²) in [6, 6.07) is 21.7. The zero-order valence-corrected chi connectivity index (χ0v) is 21.9. The minimum Gasteiger partial charge on any atom is -0.361 e. The molecule has 38 heavy (non-hydrogen) atoms. The van der Waals surface area contributed by atoms with E-state index in [-0.39, 0.29) is 18.4 Å². The lowest BCUT2D eigenvalue weighted by molar-refractivity contribution is -0.131. The largest absolute Gasteiger partial charge is 0.361 e. The van der Waals surface area contributed by atoms with Gasteiger partial charge in [-0.25, -0.2) is 0 Å². The molecule has 0 radical (unpaired) electrons. The van der Waals surface area contributed by atoms with Gasteiger partial charge in [0.05, 0.1) is 5.69 Å². The summed E-state index contributed by atoms with van der Waals surface area (Å²) >= 11 is 0. The van der Waals surface area contributed by atoms with E-state index in [0.29, 0.717) is 11.5 Å². The van der Waals surface area contributed by atoms with Gasteiger partial charge in [-0.2, -0.15) is 0 Å². The quantitative estimate of drug-likeness (QED) is 0.364. The summed E-state index contributed by atoms with van der Waals surface area (Å²) in [6.07, 6.45) is 7.92. The van der Waals surface area contributed by atoms with Crippen LogP contribution in [-0.4, -0.2) is 65.9 Å². The molecule has 3 heterocycles. The Morgan fingerprint density at radius 3 is 2.47 bits per heavy atom. The predicted octanol–water partition coefficient (Wildman–Crippen LogP) is 5.69. The minimum absolute atomic E-state index is 0.0173. The summed E-state index contributed by atoms with van der Waals surface area (Å²) in [7, 11) is 0. The Kier molecular flexibility index (Phi) is 7.14. The molecule has 0 aliphatic carbocycles. The SMILES string of the molecule is O=C(CN(C(=O)c1ccc2cc[nH]c2c1)c1cccc2ccccc12)N1CCC(CN2CCCCC2)CC1. The summed E-state index contributed by atoms with van der Waals surface area (Å²) < 4.78 is 0. The Morgan fingerprint density at radius 1 is 0.842 bits per heavy atom. The molecule has 0 spiro atoms. The van der Waals surface area contributed by atoms with Gasteiger partial charge in [0, 0.05) is 42.3 Å². The van der Waals surface area contributed by atoms with Crippen molar-refractivity contribution in [2.24, 2.45) is 5.92 Å². The minimum atomic E-state index is -0.161. The molecule has 2 fully saturated rings. The highest BCUT2D eigenvalue weighted by atomic mass is 16.2. The lowest BCUT2D eigenvalue weighted by Gasteiger charge is -2.37. The lowest BCUT2D eigenvalue weighted by atomic mass is 9.95. The van der Waals surface area contributed by atoms with Crippen molar-refractivity contribution < 1.29 is 9.59 Å². The van der Waals surface area contributed by atoms with Crippen LogP contribution in [0.15, 0.2) is 72.9 Å². The summed E-state index contributed by atoms with van der Waals surface area (Å²) in [5.74, 6) is 0.510. The van der Waals surface area contributed by atoms with E-state index < -0.39 is 0 Å². The average Bonchev–Trinajstić information content (AvgIpc) is 3.44. The Labute approximate surface area is 224 Å². The Bertz CT molecular complexity index is 1420. The third-order valence-corrected chi connectivity index (χ3v) is 8.33. The number of hydrogen-bond donors (Lipinski definition) is 1. The van der Waals surface area contributed by atoms with Crippen LogP contribution in [0.2, 0.25) is 0 Å². The molecule has 2 amide bonds. The fraction of sp³-hybridized carbons (Fsp3) is 0.375. The van der Waals surface area contributed by atoms with Gasteiger partial charge in [-0.3, -0.25) is 14.5 Å². The van der Waals surface area contributed by atoms with E-state index in [9.17, 15) is 9.59 Å². The van der Waals surface area contributed by atoms with E-state index >= 15 is 0 Å². The second-order valence-corrected chi connectivity index (χ2v) is 10.9. The number of carbonyl (C=O) groups is 2. The molecule has 6 nitrogen and oxygen atoms in total. The Morgan fingerprint density at radius 2 is 1.63 bits per heavy atom. The predicted molar refractivity (Wildman–Crippen MR) is 154 cm³/mol. The van der Waals surface area contributed by atoms with Crippen LogP contribution in [0.4, 0.5) is 5.69 Å². The highest BCUT2D eigenvalue weighted by Crippen LogP contribution is 2.29. The van der Waals surface area contributed by atoms with Gasteiger partial charge in [-0.05, 0) is 79.7 Å². The van der Waals surface area contributed by atoms with Crippen molar-refractivity contribution in [3.05, 3.63) is 78.5 Å². The normalized spacial score (nSPS) is 17.2. The van der Waals surface area contributed by atoms with Crippen molar-refractivity contribution >= 4 is 39.2 Å². The van der Waals surface area contributed by atoms with Crippen LogP contribution < -0.4 is 4.90 Å². The van der Waals surface area contributed by atoms with Crippen molar-refractivity contribution in [3.63, 3.8) is 0 Å². The number of nitrogens with one attached hydrogen (secondary N) is 1. The number of carbonyl (C=O) groups excluding carboxylic acids is 2. The zero-order chi connectivity index (χ0) is 25.9. The number of anilines is 1. The van der Waals surface area contributed by atoms with Crippen LogP contribution in [0.3, 0.4) is 0 Å². The number of nitrogens with zero attached hydrogens (tertiary/aromatic N) is 3. The van der Waals surface area contributed by atoms with Gasteiger partial charge >= 0.3 is 0 Å². The number of rotatable bonds is 6. The third kappa shape index (κ3) is 5.18. The van der Waals surface area contributed by atoms with E-state index in [1.54, 1.807) is 4.90 Å². The van der Waals surface area contributed by atoms with Crippen molar-refractivity contribution in [3.8, 4) is 0 Å². The highest BCUT2D eigenvalue weighted by Gasteiger charge is 2.29. The van der Waals surface area contributed by atoms with Crippen LogP contribution in [0, 0.1) is 5.92 Å². The molecule has 2 aliphatic heterocycles. The molecule has 0 bridgehead atoms. The number of benzene rings is 3. The van der Waals surface area contributed by atoms with Crippen LogP contribution in [-0.2, 0) is 4.79 Å². The number of fused-ring (bicyclic) bond motifs is 2. The fourth-order valence-electron chi connectivity index (χ4n) is 6.15. The molecule has 2 saturated heterocycles. The van der Waals surface area contributed by atoms with Crippen molar-refractivity contribution in [1.29, 1.82) is 0 Å². The monoisotopic (exact) mass is 508 g/mol. The highest BCUT2D eigenvalue weighted by molar-refractivity contribution is 6.13. The molecule has 1 aromatic heterocycles. The molecule has 0 saturated carbocycles. The second kappa shape index (κ2) is 11.0. The molecular weight excluding hydrogens is 472 g/mol. The molecule has 1 N–H and O–H groups in total. The van der Waals surface area contributed by atoms with Gasteiger partial charge in [0.1, 0.15) is 6.54 Å². The first-order valence-electron chi connectivity index (χ1n) is 14.0. The molecule has 6 rings (SSSR count). The lowest BCUT2D eigenvalue weighted by Crippen LogP contribution is -2.47. The van der Waals surface area contributed by atoms with Crippen molar-refractivity contribution in [1.82, 2.24) is 14.8 Å². The number of hydrogen-bond acceptors (Lipinski definition) is 3. The van der Waals surface area contributed by atoms with Crippen LogP contribution in [0.25, 0.3) is 21.7 Å². The van der Waals surface area contributed by atoms with Gasteiger partial charge in [-0.1, -0.05) is 48.9 Å². The van der Waals surface area contributed by atoms with Gasteiger partial charge in [-0.15, -0.1) is 0 Å². The number of likely N-dealkylation sites (tertiary alicyclic amines) is 2. The van der Waals surface area contributed by atoms with E-state index in [4.69, 9.17) is 0 Å². The topological polar surface area (TPSA) is 59.7 Å². The fourth-order valence-corrected chi connectivity index (χ4v) is 6.15. The number of aromatic amines is 1. The molecule has 3 aromatic carbocycles. The van der Waals surface area contributed by atoms with E-state index in [1.807, 2.05) is 77.8 Å². The number of aromatic nitrogens is 1. The molecule has 0 unspecified atom stereocenters. The Hall–Kier alpha value is -3.64. The van der Waals surface area contributed by atoms with Gasteiger partial charge < -0.3 is 14.8 Å². The second-order valence-electron chi connectivity index (χ2n) is 10.9. The first kappa shape index (κ1) is 24.7. The van der Waals surface area contributed by atoms with Gasteiger partial charge in [0.15, 0.2) is 0 Å². The maximum Gasteiger partial charge on any atom is 0.258 e. The smallest absolute Gasteiger partial charge is 0.258 e. The molecular formula is C32H36N4O2. The van der Waals surface area contributed by atoms with Crippen LogP contribution >= 0.6 is 0 Å². The van der Waals surface area contributed by atoms with Crippen LogP contribution in [0.1, 0.15) is 42.5 Å². The molecule has 0 atom stereocenters. The molecule has 6 heteroatoms. The van der Waals surface area contributed by atoms with Crippen molar-refractivity contribution in [2.75, 3.05) is 44.2 Å². The van der Waals surface area contributed by atoms with Crippen molar-refractivity contribution in [2.45, 2.75) is 32.1 Å². The Balaban J connectivity index is 1.22. The number of amides is 2. The summed E-state index contributed by atoms with van der Waals surface area (Å²) in [5.41, 5.74) is 2.25. The zero-order valence-electron chi connectivity index (χ0n) is 21.9. The van der Waals surface area contributed by atoms with E-state index in [1.165, 1.54) is 32.4 Å². The van der Waals surface area contributed by atoms with Crippen LogP contribution in [0.5, 0.6) is 0 Å². The van der Waals surface area contributed by atoms with E-state index in [0.717, 1.165) is 59.8 Å². The molecule has 196 valence electrons. The summed E-state index contributed by atoms with van der Waals surface area (Å²) in [6.45, 7) is 5.16. The molecule has 4 aromatic rings.